The van der Waals surface area contributed by atoms with Crippen molar-refractivity contribution < 1.29 is 0 Å². The van der Waals surface area contributed by atoms with E-state index in [1.165, 1.54) is 104 Å². The lowest BCUT2D eigenvalue weighted by Gasteiger charge is -2.64. The molecule has 338 valence electrons. The summed E-state index contributed by atoms with van der Waals surface area (Å²) in [4.78, 5) is 17.5. The SMILES string of the molecule is CC(C)(c1ccccc1)c1cccc(-c2nc(C3c4ccccc4C4(CC5CCC6CC5CC4C6)c4ccccc43)nc(C3c4ccccc4C4(c5ccccc53)C3CC5CC(C3)CC4C5)n2)c1. The third kappa shape index (κ3) is 5.51. The first-order chi connectivity index (χ1) is 33.4. The molecule has 0 aliphatic heterocycles. The summed E-state index contributed by atoms with van der Waals surface area (Å²) >= 11 is 0. The average molecular weight is 886 g/mol. The van der Waals surface area contributed by atoms with Crippen LogP contribution in [0.5, 0.6) is 0 Å². The molecule has 3 heteroatoms. The number of nitrogens with zero attached hydrogens (tertiary/aromatic N) is 3. The Kier molecular flexibility index (Phi) is 8.68. The molecule has 1 aromatic heterocycles. The van der Waals surface area contributed by atoms with Crippen LogP contribution in [0.1, 0.15) is 164 Å². The fraction of sp³-hybridized carbons (Fsp3) is 0.400. The minimum Gasteiger partial charge on any atom is -0.216 e. The zero-order valence-corrected chi connectivity index (χ0v) is 39.8. The van der Waals surface area contributed by atoms with Gasteiger partial charge in [0.1, 0.15) is 11.6 Å². The van der Waals surface area contributed by atoms with E-state index in [1.807, 2.05) is 0 Å². The molecule has 1 heterocycles. The van der Waals surface area contributed by atoms with Crippen molar-refractivity contribution in [2.45, 2.75) is 113 Å². The summed E-state index contributed by atoms with van der Waals surface area (Å²) in [7, 11) is 0. The Bertz CT molecular complexity index is 3020. The monoisotopic (exact) mass is 886 g/mol. The lowest BCUT2D eigenvalue weighted by Crippen LogP contribution is -2.57. The molecule has 0 amide bonds. The Morgan fingerprint density at radius 1 is 0.426 bits per heavy atom. The molecule has 0 N–H and O–H groups in total. The van der Waals surface area contributed by atoms with Gasteiger partial charge >= 0.3 is 0 Å². The lowest BCUT2D eigenvalue weighted by atomic mass is 9.40. The van der Waals surface area contributed by atoms with Crippen molar-refractivity contribution in [1.82, 2.24) is 15.0 Å². The van der Waals surface area contributed by atoms with Gasteiger partial charge in [0.15, 0.2) is 5.82 Å². The Morgan fingerprint density at radius 3 is 1.54 bits per heavy atom. The van der Waals surface area contributed by atoms with Gasteiger partial charge in [-0.15, -0.1) is 0 Å². The first-order valence-electron chi connectivity index (χ1n) is 26.7. The van der Waals surface area contributed by atoms with Crippen molar-refractivity contribution in [1.29, 1.82) is 0 Å². The van der Waals surface area contributed by atoms with Crippen molar-refractivity contribution in [2.24, 2.45) is 47.3 Å². The van der Waals surface area contributed by atoms with Gasteiger partial charge < -0.3 is 0 Å². The molecule has 3 nitrogen and oxygen atoms in total. The van der Waals surface area contributed by atoms with Gasteiger partial charge in [-0.2, -0.15) is 0 Å². The fourth-order valence-electron chi connectivity index (χ4n) is 18.1. The van der Waals surface area contributed by atoms with Gasteiger partial charge in [-0.3, -0.25) is 0 Å². The van der Waals surface area contributed by atoms with Crippen LogP contribution in [-0.2, 0) is 16.2 Å². The first kappa shape index (κ1) is 40.2. The molecular formula is C65H63N3. The van der Waals surface area contributed by atoms with Crippen molar-refractivity contribution in [3.05, 3.63) is 219 Å². The highest BCUT2D eigenvalue weighted by molar-refractivity contribution is 5.65. The molecule has 9 aliphatic rings. The number of benzene rings is 6. The third-order valence-electron chi connectivity index (χ3n) is 20.6. The molecule has 0 radical (unpaired) electrons. The minimum absolute atomic E-state index is 0.0220. The zero-order chi connectivity index (χ0) is 44.9. The van der Waals surface area contributed by atoms with Gasteiger partial charge in [-0.05, 0) is 173 Å². The molecule has 6 aromatic carbocycles. The average Bonchev–Trinajstić information content (AvgIpc) is 3.37. The standard InChI is InChI=1S/C65H63N3/c1-63(2,45-16-4-3-5-17-45)46-18-14-15-42(36-46)60-66-61(58-50-19-6-10-23-54(50)64(55-24-11-7-20-51(55)58)38-43-28-27-39-30-44(43)37-47(64)31-39)68-62(67-60)59-52-21-8-12-25-56(52)65(57-26-13-9-22-53(57)59)48-32-40-29-41(34-48)35-49(65)33-40/h3-26,36,39-41,43-44,47-49,58-59H,27-35,37-38H2,1-2H3. The highest BCUT2D eigenvalue weighted by Crippen LogP contribution is 2.69. The van der Waals surface area contributed by atoms with Crippen LogP contribution in [-0.4, -0.2) is 15.0 Å². The van der Waals surface area contributed by atoms with Crippen LogP contribution in [0, 0.1) is 47.3 Å². The predicted molar refractivity (Wildman–Crippen MR) is 272 cm³/mol. The summed E-state index contributed by atoms with van der Waals surface area (Å²) in [5.41, 5.74) is 15.3. The van der Waals surface area contributed by atoms with E-state index in [-0.39, 0.29) is 28.1 Å². The molecule has 7 bridgehead atoms. The van der Waals surface area contributed by atoms with E-state index in [0.29, 0.717) is 17.8 Å². The van der Waals surface area contributed by atoms with Gasteiger partial charge in [-0.25, -0.2) is 15.0 Å². The third-order valence-corrected chi connectivity index (χ3v) is 20.6. The molecule has 68 heavy (non-hydrogen) atoms. The zero-order valence-electron chi connectivity index (χ0n) is 39.8. The van der Waals surface area contributed by atoms with E-state index in [4.69, 9.17) is 15.0 Å². The summed E-state index contributed by atoms with van der Waals surface area (Å²) in [6, 6.07) is 58.5. The largest absolute Gasteiger partial charge is 0.216 e. The van der Waals surface area contributed by atoms with Crippen molar-refractivity contribution in [2.75, 3.05) is 0 Å². The highest BCUT2D eigenvalue weighted by atomic mass is 15.0. The molecule has 16 rings (SSSR count). The van der Waals surface area contributed by atoms with Gasteiger partial charge in [0, 0.05) is 21.8 Å². The Labute approximate surface area is 403 Å². The van der Waals surface area contributed by atoms with Gasteiger partial charge in [0.05, 0.1) is 11.8 Å². The second kappa shape index (κ2) is 14.7. The molecule has 2 spiro atoms. The van der Waals surface area contributed by atoms with Crippen LogP contribution in [0.3, 0.4) is 0 Å². The Balaban J connectivity index is 0.958. The lowest BCUT2D eigenvalue weighted by molar-refractivity contribution is -0.0436. The van der Waals surface area contributed by atoms with Gasteiger partial charge in [0.25, 0.3) is 0 Å². The fourth-order valence-corrected chi connectivity index (χ4v) is 18.1. The Hall–Kier alpha value is -5.67. The molecule has 7 aromatic rings. The molecular weight excluding hydrogens is 823 g/mol. The summed E-state index contributed by atoms with van der Waals surface area (Å²) in [5.74, 6) is 8.70. The van der Waals surface area contributed by atoms with E-state index in [2.05, 4.69) is 166 Å². The summed E-state index contributed by atoms with van der Waals surface area (Å²) in [5, 5.41) is 0. The molecule has 4 atom stereocenters. The molecule has 7 saturated carbocycles. The molecule has 9 aliphatic carbocycles. The number of hydrogen-bond acceptors (Lipinski definition) is 3. The van der Waals surface area contributed by atoms with Crippen LogP contribution >= 0.6 is 0 Å². The minimum atomic E-state index is -0.211. The topological polar surface area (TPSA) is 38.7 Å². The number of hydrogen-bond donors (Lipinski definition) is 0. The maximum absolute atomic E-state index is 5.96. The molecule has 4 unspecified atom stereocenters. The van der Waals surface area contributed by atoms with Crippen molar-refractivity contribution >= 4 is 0 Å². The van der Waals surface area contributed by atoms with E-state index in [9.17, 15) is 0 Å². The summed E-state index contributed by atoms with van der Waals surface area (Å²) in [6.45, 7) is 4.69. The van der Waals surface area contributed by atoms with Crippen LogP contribution in [0.25, 0.3) is 11.4 Å². The Morgan fingerprint density at radius 2 is 0.941 bits per heavy atom. The van der Waals surface area contributed by atoms with Crippen molar-refractivity contribution in [3.8, 4) is 11.4 Å². The van der Waals surface area contributed by atoms with E-state index in [0.717, 1.165) is 52.6 Å². The van der Waals surface area contributed by atoms with Crippen molar-refractivity contribution in [3.63, 3.8) is 0 Å². The normalized spacial score (nSPS) is 33.2. The smallest absolute Gasteiger partial charge is 0.163 e. The highest BCUT2D eigenvalue weighted by Gasteiger charge is 2.62. The second-order valence-electron chi connectivity index (χ2n) is 23.9. The van der Waals surface area contributed by atoms with Crippen LogP contribution in [0.2, 0.25) is 0 Å². The molecule has 7 fully saturated rings. The maximum atomic E-state index is 5.96. The van der Waals surface area contributed by atoms with Gasteiger partial charge in [0.2, 0.25) is 0 Å². The maximum Gasteiger partial charge on any atom is 0.163 e. The second-order valence-corrected chi connectivity index (χ2v) is 23.9. The summed E-state index contributed by atoms with van der Waals surface area (Å²) in [6.07, 6.45) is 15.2. The van der Waals surface area contributed by atoms with E-state index >= 15 is 0 Å². The van der Waals surface area contributed by atoms with Gasteiger partial charge in [-0.1, -0.05) is 166 Å². The number of aromatic nitrogens is 3. The van der Waals surface area contributed by atoms with E-state index in [1.54, 1.807) is 22.3 Å². The first-order valence-corrected chi connectivity index (χ1v) is 26.7. The predicted octanol–water partition coefficient (Wildman–Crippen LogP) is 14.7. The summed E-state index contributed by atoms with van der Waals surface area (Å²) < 4.78 is 0. The number of rotatable bonds is 5. The van der Waals surface area contributed by atoms with Crippen LogP contribution < -0.4 is 0 Å². The quantitative estimate of drug-likeness (QED) is 0.173. The molecule has 0 saturated heterocycles. The number of fused-ring (bicyclic) bond motifs is 9. The van der Waals surface area contributed by atoms with Crippen LogP contribution in [0.4, 0.5) is 0 Å². The van der Waals surface area contributed by atoms with Crippen LogP contribution in [0.15, 0.2) is 152 Å². The van der Waals surface area contributed by atoms with E-state index < -0.39 is 0 Å².